The van der Waals surface area contributed by atoms with Crippen molar-refractivity contribution in [3.63, 3.8) is 0 Å². The van der Waals surface area contributed by atoms with Gasteiger partial charge in [0.15, 0.2) is 11.5 Å². The Balaban J connectivity index is 0.00000264. The van der Waals surface area contributed by atoms with E-state index in [1.54, 1.807) is 0 Å². The topological polar surface area (TPSA) is 73.6 Å². The molecule has 0 radical (unpaired) electrons. The van der Waals surface area contributed by atoms with Gasteiger partial charge in [0, 0.05) is 17.1 Å². The summed E-state index contributed by atoms with van der Waals surface area (Å²) in [5, 5.41) is 2.18. The molecule has 2 rings (SSSR count). The van der Waals surface area contributed by atoms with Gasteiger partial charge in [-0.25, -0.2) is 8.78 Å². The largest absolute Gasteiger partial charge is 0.486 e. The second-order valence-corrected chi connectivity index (χ2v) is 5.91. The fourth-order valence-electron chi connectivity index (χ4n) is 1.76. The first-order chi connectivity index (χ1) is 10.5. The van der Waals surface area contributed by atoms with E-state index in [4.69, 9.17) is 15.2 Å². The van der Waals surface area contributed by atoms with Gasteiger partial charge in [0.1, 0.15) is 13.2 Å². The number of alkyl halides is 2. The van der Waals surface area contributed by atoms with E-state index >= 15 is 0 Å². The van der Waals surface area contributed by atoms with Crippen molar-refractivity contribution in [1.29, 1.82) is 0 Å². The summed E-state index contributed by atoms with van der Waals surface area (Å²) in [4.78, 5) is 12.4. The van der Waals surface area contributed by atoms with Crippen molar-refractivity contribution >= 4 is 30.1 Å². The Morgan fingerprint density at radius 2 is 2.00 bits per heavy atom. The van der Waals surface area contributed by atoms with Gasteiger partial charge in [-0.2, -0.15) is 0 Å². The van der Waals surface area contributed by atoms with Crippen molar-refractivity contribution < 1.29 is 23.0 Å². The summed E-state index contributed by atoms with van der Waals surface area (Å²) in [7, 11) is 0. The molecule has 0 aromatic heterocycles. The van der Waals surface area contributed by atoms with Gasteiger partial charge in [-0.1, -0.05) is 0 Å². The highest BCUT2D eigenvalue weighted by molar-refractivity contribution is 7.99. The van der Waals surface area contributed by atoms with Crippen LogP contribution in [0.1, 0.15) is 6.42 Å². The van der Waals surface area contributed by atoms with E-state index in [2.05, 4.69) is 5.32 Å². The van der Waals surface area contributed by atoms with E-state index in [9.17, 15) is 13.6 Å². The lowest BCUT2D eigenvalue weighted by molar-refractivity contribution is -0.122. The van der Waals surface area contributed by atoms with E-state index in [1.807, 2.05) is 18.2 Å². The van der Waals surface area contributed by atoms with Crippen LogP contribution >= 0.6 is 24.2 Å². The number of nitrogens with two attached hydrogens (primary N) is 1. The molecular weight excluding hydrogens is 350 g/mol. The Morgan fingerprint density at radius 3 is 2.70 bits per heavy atom. The molecule has 0 bridgehead atoms. The second-order valence-electron chi connectivity index (χ2n) is 4.74. The molecular formula is C14H19ClF2N2O3S. The lowest BCUT2D eigenvalue weighted by atomic mass is 10.3. The van der Waals surface area contributed by atoms with Gasteiger partial charge in [-0.05, 0) is 18.2 Å². The number of benzene rings is 1. The first kappa shape index (κ1) is 19.8. The summed E-state index contributed by atoms with van der Waals surface area (Å²) >= 11 is 1.45. The molecule has 3 N–H and O–H groups in total. The maximum atomic E-state index is 12.9. The van der Waals surface area contributed by atoms with Crippen LogP contribution in [0.4, 0.5) is 8.78 Å². The van der Waals surface area contributed by atoms with Gasteiger partial charge in [-0.15, -0.1) is 24.2 Å². The Morgan fingerprint density at radius 1 is 1.30 bits per heavy atom. The van der Waals surface area contributed by atoms with Crippen LogP contribution in [-0.2, 0) is 4.79 Å². The third-order valence-electron chi connectivity index (χ3n) is 2.95. The Labute approximate surface area is 143 Å². The predicted molar refractivity (Wildman–Crippen MR) is 87.0 cm³/mol. The molecule has 0 saturated heterocycles. The fourth-order valence-corrected chi connectivity index (χ4v) is 2.64. The van der Waals surface area contributed by atoms with Crippen LogP contribution in [0.3, 0.4) is 0 Å². The molecule has 1 aliphatic rings. The first-order valence-corrected chi connectivity index (χ1v) is 7.86. The highest BCUT2D eigenvalue weighted by Crippen LogP contribution is 2.34. The minimum Gasteiger partial charge on any atom is -0.486 e. The van der Waals surface area contributed by atoms with E-state index in [1.165, 1.54) is 11.8 Å². The lowest BCUT2D eigenvalue weighted by Crippen LogP contribution is -2.41. The third-order valence-corrected chi connectivity index (χ3v) is 3.95. The predicted octanol–water partition coefficient (Wildman–Crippen LogP) is 2.07. The fraction of sp³-hybridized carbons (Fsp3) is 0.500. The normalized spacial score (nSPS) is 13.2. The second kappa shape index (κ2) is 9.14. The molecule has 0 spiro atoms. The number of carbonyl (C=O) groups is 1. The zero-order chi connectivity index (χ0) is 16.0. The minimum absolute atomic E-state index is 0. The van der Waals surface area contributed by atoms with Crippen molar-refractivity contribution in [3.05, 3.63) is 18.2 Å². The molecule has 130 valence electrons. The summed E-state index contributed by atoms with van der Waals surface area (Å²) in [6, 6.07) is 5.54. The van der Waals surface area contributed by atoms with Crippen LogP contribution in [-0.4, -0.2) is 43.9 Å². The molecule has 1 amide bonds. The summed E-state index contributed by atoms with van der Waals surface area (Å²) in [5.41, 5.74) is 4.90. The quantitative estimate of drug-likeness (QED) is 0.721. The van der Waals surface area contributed by atoms with Gasteiger partial charge < -0.3 is 20.5 Å². The number of ether oxygens (including phenoxy) is 2. The molecule has 1 aromatic rings. The summed E-state index contributed by atoms with van der Waals surface area (Å²) in [6.45, 7) is -0.456. The standard InChI is InChI=1S/C14H18F2N2O3S.ClH/c15-14(16,8-17)9-18-13(19)3-6-22-10-1-2-11-12(7-10)21-5-4-20-11;/h1-2,7H,3-6,8-9,17H2,(H,18,19);1H. The van der Waals surface area contributed by atoms with Crippen LogP contribution in [0.15, 0.2) is 23.1 Å². The van der Waals surface area contributed by atoms with Crippen LogP contribution < -0.4 is 20.5 Å². The van der Waals surface area contributed by atoms with Crippen molar-refractivity contribution in [2.45, 2.75) is 17.2 Å². The minimum atomic E-state index is -3.06. The molecule has 1 aliphatic heterocycles. The SMILES string of the molecule is Cl.NCC(F)(F)CNC(=O)CCSc1ccc2c(c1)OCCO2. The number of carbonyl (C=O) groups excluding carboxylic acids is 1. The van der Waals surface area contributed by atoms with Crippen molar-refractivity contribution in [2.75, 3.05) is 32.1 Å². The number of fused-ring (bicyclic) bond motifs is 1. The highest BCUT2D eigenvalue weighted by atomic mass is 35.5. The van der Waals surface area contributed by atoms with Crippen LogP contribution in [0, 0.1) is 0 Å². The number of halogens is 3. The van der Waals surface area contributed by atoms with E-state index in [0.29, 0.717) is 30.5 Å². The summed E-state index contributed by atoms with van der Waals surface area (Å²) in [6.07, 6.45) is 0.153. The average Bonchev–Trinajstić information content (AvgIpc) is 2.53. The molecule has 0 fully saturated rings. The van der Waals surface area contributed by atoms with Gasteiger partial charge in [0.2, 0.25) is 5.91 Å². The van der Waals surface area contributed by atoms with Crippen LogP contribution in [0.5, 0.6) is 11.5 Å². The number of rotatable bonds is 7. The molecule has 1 heterocycles. The molecule has 23 heavy (non-hydrogen) atoms. The van der Waals surface area contributed by atoms with Crippen molar-refractivity contribution in [3.8, 4) is 11.5 Å². The zero-order valence-corrected chi connectivity index (χ0v) is 14.0. The Bertz CT molecular complexity index is 535. The Hall–Kier alpha value is -1.25. The van der Waals surface area contributed by atoms with E-state index < -0.39 is 24.9 Å². The Kier molecular flexibility index (Phi) is 7.87. The van der Waals surface area contributed by atoms with Gasteiger partial charge in [0.25, 0.3) is 5.92 Å². The van der Waals surface area contributed by atoms with Gasteiger partial charge >= 0.3 is 0 Å². The van der Waals surface area contributed by atoms with Gasteiger partial charge in [0.05, 0.1) is 13.1 Å². The number of amides is 1. The molecule has 9 heteroatoms. The molecule has 0 atom stereocenters. The first-order valence-electron chi connectivity index (χ1n) is 6.87. The molecule has 1 aromatic carbocycles. The smallest absolute Gasteiger partial charge is 0.277 e. The molecule has 0 saturated carbocycles. The van der Waals surface area contributed by atoms with Crippen molar-refractivity contribution in [2.24, 2.45) is 5.73 Å². The lowest BCUT2D eigenvalue weighted by Gasteiger charge is -2.18. The average molecular weight is 369 g/mol. The maximum Gasteiger partial charge on any atom is 0.277 e. The van der Waals surface area contributed by atoms with Crippen molar-refractivity contribution in [1.82, 2.24) is 5.32 Å². The number of thioether (sulfide) groups is 1. The number of hydrogen-bond donors (Lipinski definition) is 2. The highest BCUT2D eigenvalue weighted by Gasteiger charge is 2.26. The number of nitrogens with one attached hydrogen (secondary N) is 1. The maximum absolute atomic E-state index is 12.9. The molecule has 0 aliphatic carbocycles. The van der Waals surface area contributed by atoms with Crippen LogP contribution in [0.2, 0.25) is 0 Å². The monoisotopic (exact) mass is 368 g/mol. The van der Waals surface area contributed by atoms with Crippen LogP contribution in [0.25, 0.3) is 0 Å². The molecule has 5 nitrogen and oxygen atoms in total. The summed E-state index contributed by atoms with van der Waals surface area (Å²) < 4.78 is 36.7. The summed E-state index contributed by atoms with van der Waals surface area (Å²) in [5.74, 6) is -1.60. The third kappa shape index (κ3) is 6.40. The molecule has 0 unspecified atom stereocenters. The van der Waals surface area contributed by atoms with E-state index in [-0.39, 0.29) is 18.8 Å². The zero-order valence-electron chi connectivity index (χ0n) is 12.3. The van der Waals surface area contributed by atoms with Gasteiger partial charge in [-0.3, -0.25) is 4.79 Å². The van der Waals surface area contributed by atoms with E-state index in [0.717, 1.165) is 4.90 Å². The number of hydrogen-bond acceptors (Lipinski definition) is 5.